The zero-order valence-corrected chi connectivity index (χ0v) is 15.0. The van der Waals surface area contributed by atoms with E-state index in [1.807, 2.05) is 0 Å². The molecule has 0 saturated carbocycles. The van der Waals surface area contributed by atoms with Crippen LogP contribution in [0.5, 0.6) is 17.2 Å². The number of phenols is 3. The van der Waals surface area contributed by atoms with Crippen LogP contribution in [0, 0.1) is 6.92 Å². The Kier molecular flexibility index (Phi) is 3.51. The molecule has 0 fully saturated rings. The van der Waals surface area contributed by atoms with Gasteiger partial charge < -0.3 is 20.4 Å². The highest BCUT2D eigenvalue weighted by Gasteiger charge is 2.54. The Bertz CT molecular complexity index is 1030. The molecule has 1 aliphatic carbocycles. The zero-order chi connectivity index (χ0) is 19.8. The minimum absolute atomic E-state index is 0.108. The van der Waals surface area contributed by atoms with E-state index in [1.54, 1.807) is 6.92 Å². The van der Waals surface area contributed by atoms with Crippen molar-refractivity contribution >= 4 is 28.4 Å². The SMILES string of the molecule is C=Cc1c(C)c(O)c2cc3c(c(O)c2c1O)C(=O)C(C)(O)C(=O)C3(C)C. The molecule has 4 N–H and O–H groups in total. The first kappa shape index (κ1) is 17.9. The van der Waals surface area contributed by atoms with E-state index in [0.29, 0.717) is 5.56 Å². The molecule has 0 bridgehead atoms. The summed E-state index contributed by atoms with van der Waals surface area (Å²) in [6, 6.07) is 1.41. The Morgan fingerprint density at radius 3 is 2.15 bits per heavy atom. The van der Waals surface area contributed by atoms with Gasteiger partial charge in [0.2, 0.25) is 5.78 Å². The molecule has 0 amide bonds. The van der Waals surface area contributed by atoms with Crippen molar-refractivity contribution in [2.75, 3.05) is 0 Å². The van der Waals surface area contributed by atoms with Gasteiger partial charge in [-0.2, -0.15) is 0 Å². The number of aromatic hydroxyl groups is 3. The van der Waals surface area contributed by atoms with Crippen LogP contribution in [0.2, 0.25) is 0 Å². The Balaban J connectivity index is 2.61. The number of phenolic OH excluding ortho intramolecular Hbond substituents is 3. The van der Waals surface area contributed by atoms with Crippen molar-refractivity contribution in [2.24, 2.45) is 0 Å². The van der Waals surface area contributed by atoms with Gasteiger partial charge in [-0.05, 0) is 39.3 Å². The van der Waals surface area contributed by atoms with Crippen molar-refractivity contribution in [2.45, 2.75) is 38.7 Å². The summed E-state index contributed by atoms with van der Waals surface area (Å²) in [7, 11) is 0. The van der Waals surface area contributed by atoms with Crippen molar-refractivity contribution in [3.63, 3.8) is 0 Å². The number of carbonyl (C=O) groups excluding carboxylic acids is 2. The van der Waals surface area contributed by atoms with Crippen LogP contribution in [0.25, 0.3) is 16.8 Å². The van der Waals surface area contributed by atoms with Gasteiger partial charge in [-0.1, -0.05) is 12.7 Å². The largest absolute Gasteiger partial charge is 0.507 e. The second-order valence-corrected chi connectivity index (χ2v) is 7.37. The molecule has 2 aromatic rings. The van der Waals surface area contributed by atoms with E-state index in [4.69, 9.17) is 0 Å². The first-order valence-corrected chi connectivity index (χ1v) is 8.08. The van der Waals surface area contributed by atoms with Gasteiger partial charge in [0, 0.05) is 16.5 Å². The summed E-state index contributed by atoms with van der Waals surface area (Å²) in [5, 5.41) is 42.3. The van der Waals surface area contributed by atoms with Gasteiger partial charge >= 0.3 is 0 Å². The second-order valence-electron chi connectivity index (χ2n) is 7.37. The number of hydrogen-bond donors (Lipinski definition) is 4. The first-order valence-electron chi connectivity index (χ1n) is 8.08. The molecule has 0 radical (unpaired) electrons. The molecule has 1 atom stereocenters. The van der Waals surface area contributed by atoms with Crippen LogP contribution in [-0.2, 0) is 10.2 Å². The number of Topliss-reactive ketones (excluding diaryl/α,β-unsaturated/α-hetero) is 2. The van der Waals surface area contributed by atoms with Crippen LogP contribution < -0.4 is 0 Å². The summed E-state index contributed by atoms with van der Waals surface area (Å²) in [6.45, 7) is 9.31. The minimum atomic E-state index is -2.30. The highest BCUT2D eigenvalue weighted by Crippen LogP contribution is 2.50. The number of benzene rings is 2. The first-order chi connectivity index (χ1) is 11.9. The molecule has 6 heteroatoms. The average molecular weight is 356 g/mol. The van der Waals surface area contributed by atoms with Crippen molar-refractivity contribution in [1.82, 2.24) is 0 Å². The molecule has 136 valence electrons. The Hall–Kier alpha value is -2.86. The molecule has 3 rings (SSSR count). The molecule has 1 aliphatic rings. The van der Waals surface area contributed by atoms with E-state index in [2.05, 4.69) is 6.58 Å². The quantitative estimate of drug-likeness (QED) is 0.461. The third kappa shape index (κ3) is 1.90. The standard InChI is InChI=1S/C20H20O6/c1-6-9-8(2)14(21)10-7-11-13(16(23)12(10)15(9)22)17(24)20(5,26)18(25)19(11,3)4/h6-7,21-23,26H,1H2,2-5H3. The summed E-state index contributed by atoms with van der Waals surface area (Å²) in [5.74, 6) is -2.77. The smallest absolute Gasteiger partial charge is 0.205 e. The lowest BCUT2D eigenvalue weighted by molar-refractivity contribution is -0.137. The molecular weight excluding hydrogens is 336 g/mol. The monoisotopic (exact) mass is 356 g/mol. The molecule has 26 heavy (non-hydrogen) atoms. The van der Waals surface area contributed by atoms with Crippen LogP contribution >= 0.6 is 0 Å². The summed E-state index contributed by atoms with van der Waals surface area (Å²) in [4.78, 5) is 25.4. The van der Waals surface area contributed by atoms with Gasteiger partial charge in [-0.25, -0.2) is 0 Å². The van der Waals surface area contributed by atoms with Gasteiger partial charge in [0.05, 0.1) is 16.4 Å². The van der Waals surface area contributed by atoms with Gasteiger partial charge in [-0.3, -0.25) is 9.59 Å². The number of carbonyl (C=O) groups is 2. The average Bonchev–Trinajstić information content (AvgIpc) is 2.57. The maximum atomic E-state index is 12.7. The Morgan fingerprint density at radius 2 is 1.62 bits per heavy atom. The molecule has 0 aliphatic heterocycles. The summed E-state index contributed by atoms with van der Waals surface area (Å²) < 4.78 is 0. The third-order valence-corrected chi connectivity index (χ3v) is 5.36. The number of hydrogen-bond acceptors (Lipinski definition) is 6. The van der Waals surface area contributed by atoms with Crippen LogP contribution in [0.15, 0.2) is 12.6 Å². The van der Waals surface area contributed by atoms with E-state index in [1.165, 1.54) is 26.0 Å². The topological polar surface area (TPSA) is 115 Å². The zero-order valence-electron chi connectivity index (χ0n) is 15.0. The fourth-order valence-electron chi connectivity index (χ4n) is 3.79. The lowest BCUT2D eigenvalue weighted by atomic mass is 9.64. The summed E-state index contributed by atoms with van der Waals surface area (Å²) in [5.41, 5.74) is -3.07. The van der Waals surface area contributed by atoms with E-state index in [0.717, 1.165) is 6.92 Å². The van der Waals surface area contributed by atoms with Gasteiger partial charge in [-0.15, -0.1) is 0 Å². The minimum Gasteiger partial charge on any atom is -0.507 e. The predicted molar refractivity (Wildman–Crippen MR) is 96.8 cm³/mol. The number of rotatable bonds is 1. The molecule has 0 aromatic heterocycles. The molecule has 0 spiro atoms. The highest BCUT2D eigenvalue weighted by molar-refractivity contribution is 6.26. The fourth-order valence-corrected chi connectivity index (χ4v) is 3.79. The maximum absolute atomic E-state index is 12.7. The van der Waals surface area contributed by atoms with Crippen LogP contribution in [0.4, 0.5) is 0 Å². The number of aliphatic hydroxyl groups is 1. The van der Waals surface area contributed by atoms with Crippen molar-refractivity contribution in [1.29, 1.82) is 0 Å². The van der Waals surface area contributed by atoms with Crippen molar-refractivity contribution in [3.8, 4) is 17.2 Å². The van der Waals surface area contributed by atoms with Crippen molar-refractivity contribution < 1.29 is 30.0 Å². The number of fused-ring (bicyclic) bond motifs is 2. The van der Waals surface area contributed by atoms with Gasteiger partial charge in [0.25, 0.3) is 0 Å². The van der Waals surface area contributed by atoms with E-state index in [9.17, 15) is 30.0 Å². The van der Waals surface area contributed by atoms with E-state index in [-0.39, 0.29) is 39.0 Å². The number of ketones is 2. The molecule has 1 unspecified atom stereocenters. The third-order valence-electron chi connectivity index (χ3n) is 5.36. The van der Waals surface area contributed by atoms with Crippen molar-refractivity contribution in [3.05, 3.63) is 34.9 Å². The molecular formula is C20H20O6. The summed E-state index contributed by atoms with van der Waals surface area (Å²) >= 11 is 0. The van der Waals surface area contributed by atoms with Gasteiger partial charge in [0.15, 0.2) is 11.4 Å². The molecule has 6 nitrogen and oxygen atoms in total. The van der Waals surface area contributed by atoms with Crippen LogP contribution in [-0.4, -0.2) is 37.6 Å². The lowest BCUT2D eigenvalue weighted by Gasteiger charge is -2.38. The van der Waals surface area contributed by atoms with E-state index >= 15 is 0 Å². The highest BCUT2D eigenvalue weighted by atomic mass is 16.3. The lowest BCUT2D eigenvalue weighted by Crippen LogP contribution is -2.56. The predicted octanol–water partition coefficient (Wildman–Crippen LogP) is 2.70. The second kappa shape index (κ2) is 5.08. The Labute approximate surface area is 150 Å². The maximum Gasteiger partial charge on any atom is 0.205 e. The van der Waals surface area contributed by atoms with E-state index < -0.39 is 28.3 Å². The molecule has 0 heterocycles. The van der Waals surface area contributed by atoms with Crippen LogP contribution in [0.1, 0.15) is 47.8 Å². The normalized spacial score (nSPS) is 21.7. The fraction of sp³-hybridized carbons (Fsp3) is 0.300. The molecule has 0 saturated heterocycles. The van der Waals surface area contributed by atoms with Crippen LogP contribution in [0.3, 0.4) is 0 Å². The Morgan fingerprint density at radius 1 is 1.04 bits per heavy atom. The molecule has 2 aromatic carbocycles. The van der Waals surface area contributed by atoms with Gasteiger partial charge in [0.1, 0.15) is 17.2 Å². The summed E-state index contributed by atoms with van der Waals surface area (Å²) in [6.07, 6.45) is 1.33.